The molecule has 0 unspecified atom stereocenters. The van der Waals surface area contributed by atoms with Crippen LogP contribution in [0.3, 0.4) is 0 Å². The third-order valence-electron chi connectivity index (χ3n) is 1.81. The van der Waals surface area contributed by atoms with Crippen molar-refractivity contribution in [3.63, 3.8) is 0 Å². The number of likely N-dealkylation sites (tertiary alicyclic amines) is 1. The van der Waals surface area contributed by atoms with Crippen molar-refractivity contribution in [1.29, 1.82) is 0 Å². The van der Waals surface area contributed by atoms with Crippen molar-refractivity contribution in [3.8, 4) is 0 Å². The normalized spacial score (nSPS) is 24.8. The van der Waals surface area contributed by atoms with Crippen molar-refractivity contribution in [3.05, 3.63) is 12.8 Å². The molecule has 1 atom stereocenters. The average Bonchev–Trinajstić information content (AvgIpc) is 2.33. The van der Waals surface area contributed by atoms with Gasteiger partial charge in [-0.15, -0.1) is 0 Å². The van der Waals surface area contributed by atoms with Gasteiger partial charge in [0.15, 0.2) is 0 Å². The summed E-state index contributed by atoms with van der Waals surface area (Å²) in [6, 6.07) is -0.322. The largest absolute Gasteiger partial charge is 0.480 e. The Balaban J connectivity index is 2.58. The van der Waals surface area contributed by atoms with Gasteiger partial charge in [-0.25, -0.2) is 4.79 Å². The number of rotatable bonds is 2. The van der Waals surface area contributed by atoms with E-state index in [0.29, 0.717) is 0 Å². The first-order chi connectivity index (χ1) is 4.75. The zero-order valence-corrected chi connectivity index (χ0v) is 5.79. The Kier molecular flexibility index (Phi) is 1.94. The second kappa shape index (κ2) is 2.73. The maximum atomic E-state index is 10.5. The summed E-state index contributed by atoms with van der Waals surface area (Å²) in [5.41, 5.74) is 0. The first-order valence-electron chi connectivity index (χ1n) is 3.37. The molecule has 0 aliphatic carbocycles. The minimum Gasteiger partial charge on any atom is -0.480 e. The highest BCUT2D eigenvalue weighted by Crippen LogP contribution is 2.16. The molecule has 3 nitrogen and oxygen atoms in total. The van der Waals surface area contributed by atoms with Crippen molar-refractivity contribution < 1.29 is 9.90 Å². The third kappa shape index (κ3) is 1.12. The van der Waals surface area contributed by atoms with Crippen LogP contribution in [0.2, 0.25) is 0 Å². The molecule has 0 aromatic heterocycles. The SMILES string of the molecule is C=CN1CCC[C@H]1C(=O)O. The fourth-order valence-corrected chi connectivity index (χ4v) is 1.27. The van der Waals surface area contributed by atoms with Crippen LogP contribution in [0.1, 0.15) is 12.8 Å². The number of carboxylic acid groups (broad SMARTS) is 1. The Hall–Kier alpha value is -0.990. The fourth-order valence-electron chi connectivity index (χ4n) is 1.27. The van der Waals surface area contributed by atoms with Crippen LogP contribution < -0.4 is 0 Å². The van der Waals surface area contributed by atoms with E-state index in [1.165, 1.54) is 0 Å². The van der Waals surface area contributed by atoms with E-state index in [1.54, 1.807) is 11.1 Å². The molecule has 1 aliphatic heterocycles. The second-order valence-electron chi connectivity index (χ2n) is 2.42. The van der Waals surface area contributed by atoms with Gasteiger partial charge >= 0.3 is 5.97 Å². The highest BCUT2D eigenvalue weighted by molar-refractivity contribution is 5.73. The molecule has 0 radical (unpaired) electrons. The van der Waals surface area contributed by atoms with E-state index in [-0.39, 0.29) is 6.04 Å². The molecule has 0 amide bonds. The van der Waals surface area contributed by atoms with Gasteiger partial charge in [0.25, 0.3) is 0 Å². The van der Waals surface area contributed by atoms with Crippen LogP contribution in [0.15, 0.2) is 12.8 Å². The lowest BCUT2D eigenvalue weighted by atomic mass is 10.2. The van der Waals surface area contributed by atoms with E-state index in [9.17, 15) is 4.79 Å². The maximum absolute atomic E-state index is 10.5. The van der Waals surface area contributed by atoms with E-state index in [0.717, 1.165) is 19.4 Å². The molecule has 0 saturated carbocycles. The summed E-state index contributed by atoms with van der Waals surface area (Å²) in [6.45, 7) is 4.37. The number of hydrogen-bond donors (Lipinski definition) is 1. The van der Waals surface area contributed by atoms with Crippen LogP contribution in [0.4, 0.5) is 0 Å². The Bertz CT molecular complexity index is 156. The van der Waals surface area contributed by atoms with Gasteiger partial charge in [0.1, 0.15) is 6.04 Å². The van der Waals surface area contributed by atoms with Gasteiger partial charge in [0, 0.05) is 6.54 Å². The number of hydrogen-bond acceptors (Lipinski definition) is 2. The van der Waals surface area contributed by atoms with Gasteiger partial charge in [-0.3, -0.25) is 0 Å². The molecule has 56 valence electrons. The highest BCUT2D eigenvalue weighted by Gasteiger charge is 2.27. The molecule has 1 rings (SSSR count). The van der Waals surface area contributed by atoms with E-state index < -0.39 is 5.97 Å². The van der Waals surface area contributed by atoms with E-state index in [4.69, 9.17) is 5.11 Å². The number of nitrogens with zero attached hydrogens (tertiary/aromatic N) is 1. The minimum atomic E-state index is -0.739. The highest BCUT2D eigenvalue weighted by atomic mass is 16.4. The molecule has 1 fully saturated rings. The zero-order chi connectivity index (χ0) is 7.56. The lowest BCUT2D eigenvalue weighted by Gasteiger charge is -2.17. The van der Waals surface area contributed by atoms with Crippen molar-refractivity contribution in [2.75, 3.05) is 6.54 Å². The Labute approximate surface area is 59.9 Å². The topological polar surface area (TPSA) is 40.5 Å². The van der Waals surface area contributed by atoms with Crippen molar-refractivity contribution in [1.82, 2.24) is 4.90 Å². The molecule has 0 aromatic rings. The minimum absolute atomic E-state index is 0.322. The first kappa shape index (κ1) is 7.12. The Morgan fingerprint density at radius 2 is 2.50 bits per heavy atom. The van der Waals surface area contributed by atoms with Crippen molar-refractivity contribution in [2.45, 2.75) is 18.9 Å². The molecule has 1 saturated heterocycles. The summed E-state index contributed by atoms with van der Waals surface area (Å²) in [5.74, 6) is -0.739. The van der Waals surface area contributed by atoms with Gasteiger partial charge < -0.3 is 10.0 Å². The van der Waals surface area contributed by atoms with Gasteiger partial charge in [0.05, 0.1) is 0 Å². The molecule has 1 heterocycles. The Morgan fingerprint density at radius 1 is 1.80 bits per heavy atom. The summed E-state index contributed by atoms with van der Waals surface area (Å²) in [7, 11) is 0. The number of carboxylic acids is 1. The van der Waals surface area contributed by atoms with Crippen LogP contribution >= 0.6 is 0 Å². The predicted octanol–water partition coefficient (Wildman–Crippen LogP) is 0.679. The summed E-state index contributed by atoms with van der Waals surface area (Å²) in [6.07, 6.45) is 3.32. The van der Waals surface area contributed by atoms with E-state index in [1.807, 2.05) is 0 Å². The van der Waals surface area contributed by atoms with Gasteiger partial charge in [-0.05, 0) is 19.0 Å². The molecular weight excluding hydrogens is 130 g/mol. The fraction of sp³-hybridized carbons (Fsp3) is 0.571. The second-order valence-corrected chi connectivity index (χ2v) is 2.42. The van der Waals surface area contributed by atoms with Gasteiger partial charge in [-0.1, -0.05) is 6.58 Å². The summed E-state index contributed by atoms with van der Waals surface area (Å²) < 4.78 is 0. The molecule has 0 bridgehead atoms. The molecule has 0 aromatic carbocycles. The third-order valence-corrected chi connectivity index (χ3v) is 1.81. The van der Waals surface area contributed by atoms with Crippen LogP contribution in [-0.4, -0.2) is 28.6 Å². The predicted molar refractivity (Wildman–Crippen MR) is 37.6 cm³/mol. The van der Waals surface area contributed by atoms with Crippen LogP contribution in [0.25, 0.3) is 0 Å². The quantitative estimate of drug-likeness (QED) is 0.614. The summed E-state index contributed by atoms with van der Waals surface area (Å²) in [4.78, 5) is 12.2. The van der Waals surface area contributed by atoms with E-state index in [2.05, 4.69) is 6.58 Å². The summed E-state index contributed by atoms with van der Waals surface area (Å²) >= 11 is 0. The molecule has 0 spiro atoms. The van der Waals surface area contributed by atoms with E-state index >= 15 is 0 Å². The lowest BCUT2D eigenvalue weighted by Crippen LogP contribution is -2.31. The number of aliphatic carboxylic acids is 1. The molecule has 1 aliphatic rings. The van der Waals surface area contributed by atoms with Crippen molar-refractivity contribution in [2.24, 2.45) is 0 Å². The smallest absolute Gasteiger partial charge is 0.326 e. The zero-order valence-electron chi connectivity index (χ0n) is 5.79. The van der Waals surface area contributed by atoms with Gasteiger partial charge in [0.2, 0.25) is 0 Å². The summed E-state index contributed by atoms with van der Waals surface area (Å²) in [5, 5.41) is 8.63. The van der Waals surface area contributed by atoms with Crippen LogP contribution in [-0.2, 0) is 4.79 Å². The van der Waals surface area contributed by atoms with Crippen molar-refractivity contribution >= 4 is 5.97 Å². The molecular formula is C7H11NO2. The first-order valence-corrected chi connectivity index (χ1v) is 3.37. The lowest BCUT2D eigenvalue weighted by molar-refractivity contribution is -0.141. The average molecular weight is 141 g/mol. The number of carbonyl (C=O) groups is 1. The Morgan fingerprint density at radius 3 is 2.90 bits per heavy atom. The monoisotopic (exact) mass is 141 g/mol. The van der Waals surface area contributed by atoms with Crippen LogP contribution in [0, 0.1) is 0 Å². The maximum Gasteiger partial charge on any atom is 0.326 e. The molecule has 1 N–H and O–H groups in total. The van der Waals surface area contributed by atoms with Gasteiger partial charge in [-0.2, -0.15) is 0 Å². The van der Waals surface area contributed by atoms with Crippen LogP contribution in [0.5, 0.6) is 0 Å². The standard InChI is InChI=1S/C7H11NO2/c1-2-8-5-3-4-6(8)7(9)10/h2,6H,1,3-5H2,(H,9,10)/t6-/m0/s1. The molecule has 10 heavy (non-hydrogen) atoms. The molecule has 3 heteroatoms.